The van der Waals surface area contributed by atoms with E-state index >= 15 is 0 Å². The minimum atomic E-state index is 0.504. The normalized spacial score (nSPS) is 27.7. The third kappa shape index (κ3) is 3.32. The van der Waals surface area contributed by atoms with Gasteiger partial charge in [-0.15, -0.1) is 0 Å². The van der Waals surface area contributed by atoms with Gasteiger partial charge in [0.15, 0.2) is 4.90 Å². The Balaban J connectivity index is 1.82. The van der Waals surface area contributed by atoms with Gasteiger partial charge in [-0.1, -0.05) is 13.3 Å². The van der Waals surface area contributed by atoms with Crippen LogP contribution in [0, 0.1) is 13.8 Å². The van der Waals surface area contributed by atoms with E-state index in [-0.39, 0.29) is 0 Å². The van der Waals surface area contributed by atoms with Gasteiger partial charge in [0.2, 0.25) is 0 Å². The first-order valence-electron chi connectivity index (χ1n) is 9.16. The van der Waals surface area contributed by atoms with Crippen LogP contribution in [-0.2, 0) is 10.9 Å². The van der Waals surface area contributed by atoms with Crippen LogP contribution < -0.4 is 4.74 Å². The van der Waals surface area contributed by atoms with Crippen LogP contribution in [0.25, 0.3) is 0 Å². The van der Waals surface area contributed by atoms with E-state index in [4.69, 9.17) is 4.74 Å². The van der Waals surface area contributed by atoms with Crippen molar-refractivity contribution < 1.29 is 4.74 Å². The molecule has 2 fully saturated rings. The molecule has 0 unspecified atom stereocenters. The summed E-state index contributed by atoms with van der Waals surface area (Å²) in [7, 11) is 0.504. The van der Waals surface area contributed by atoms with Crippen molar-refractivity contribution in [3.05, 3.63) is 23.3 Å². The second kappa shape index (κ2) is 7.29. The zero-order chi connectivity index (χ0) is 15.5. The summed E-state index contributed by atoms with van der Waals surface area (Å²) in [6.07, 6.45) is 11.1. The van der Waals surface area contributed by atoms with Crippen molar-refractivity contribution in [2.45, 2.75) is 87.5 Å². The van der Waals surface area contributed by atoms with E-state index in [2.05, 4.69) is 32.9 Å². The minimum Gasteiger partial charge on any atom is -0.493 e. The third-order valence-corrected chi connectivity index (χ3v) is 8.43. The summed E-state index contributed by atoms with van der Waals surface area (Å²) >= 11 is 0. The number of fused-ring (bicyclic) bond motifs is 2. The molecule has 0 spiro atoms. The fourth-order valence-electron chi connectivity index (χ4n) is 4.19. The summed E-state index contributed by atoms with van der Waals surface area (Å²) in [5, 5.41) is 1.94. The lowest BCUT2D eigenvalue weighted by Gasteiger charge is -2.34. The van der Waals surface area contributed by atoms with Crippen molar-refractivity contribution >= 4 is 10.9 Å². The van der Waals surface area contributed by atoms with Crippen LogP contribution in [-0.4, -0.2) is 17.1 Å². The molecule has 0 N–H and O–H groups in total. The van der Waals surface area contributed by atoms with E-state index in [1.165, 1.54) is 56.1 Å². The molecule has 0 atom stereocenters. The Morgan fingerprint density at radius 3 is 2.05 bits per heavy atom. The highest BCUT2D eigenvalue weighted by atomic mass is 32.2. The van der Waals surface area contributed by atoms with Crippen LogP contribution in [0.1, 0.15) is 69.4 Å². The first-order valence-corrected chi connectivity index (χ1v) is 10.5. The van der Waals surface area contributed by atoms with E-state index in [0.717, 1.165) is 29.3 Å². The number of benzene rings is 1. The van der Waals surface area contributed by atoms with Crippen LogP contribution in [0.15, 0.2) is 17.0 Å². The van der Waals surface area contributed by atoms with Crippen LogP contribution in [0.2, 0.25) is 0 Å². The lowest BCUT2D eigenvalue weighted by Crippen LogP contribution is -2.40. The second-order valence-corrected chi connectivity index (χ2v) is 9.61. The van der Waals surface area contributed by atoms with E-state index in [1.54, 1.807) is 4.90 Å². The smallest absolute Gasteiger partial charge is 0.156 e. The molecule has 0 amide bonds. The van der Waals surface area contributed by atoms with Crippen LogP contribution in [0.4, 0.5) is 0 Å². The van der Waals surface area contributed by atoms with Crippen molar-refractivity contribution in [1.29, 1.82) is 0 Å². The molecular formula is C20H31OS+. The van der Waals surface area contributed by atoms with Gasteiger partial charge < -0.3 is 4.74 Å². The fraction of sp³-hybridized carbons (Fsp3) is 0.700. The van der Waals surface area contributed by atoms with Gasteiger partial charge in [-0.3, -0.25) is 0 Å². The molecule has 2 aliphatic rings. The summed E-state index contributed by atoms with van der Waals surface area (Å²) in [6, 6.07) is 4.90. The monoisotopic (exact) mass is 319 g/mol. The van der Waals surface area contributed by atoms with Gasteiger partial charge in [0.1, 0.15) is 16.2 Å². The molecule has 1 nitrogen and oxygen atoms in total. The quantitative estimate of drug-likeness (QED) is 0.509. The summed E-state index contributed by atoms with van der Waals surface area (Å²) in [5.41, 5.74) is 2.70. The average molecular weight is 320 g/mol. The maximum atomic E-state index is 6.05. The molecular weight excluding hydrogens is 288 g/mol. The Morgan fingerprint density at radius 1 is 1.00 bits per heavy atom. The van der Waals surface area contributed by atoms with E-state index in [0.29, 0.717) is 10.9 Å². The lowest BCUT2D eigenvalue weighted by atomic mass is 9.99. The molecule has 2 saturated heterocycles. The van der Waals surface area contributed by atoms with Gasteiger partial charge in [-0.2, -0.15) is 0 Å². The highest BCUT2D eigenvalue weighted by molar-refractivity contribution is 7.98. The highest BCUT2D eigenvalue weighted by Gasteiger charge is 2.46. The first-order chi connectivity index (χ1) is 10.7. The van der Waals surface area contributed by atoms with Crippen molar-refractivity contribution in [2.75, 3.05) is 6.61 Å². The maximum absolute atomic E-state index is 6.05. The summed E-state index contributed by atoms with van der Waals surface area (Å²) < 4.78 is 6.05. The van der Waals surface area contributed by atoms with Gasteiger partial charge in [0, 0.05) is 10.9 Å². The van der Waals surface area contributed by atoms with Gasteiger partial charge in [-0.25, -0.2) is 0 Å². The van der Waals surface area contributed by atoms with Gasteiger partial charge in [0.25, 0.3) is 0 Å². The van der Waals surface area contributed by atoms with E-state index < -0.39 is 0 Å². The largest absolute Gasteiger partial charge is 0.493 e. The molecule has 0 saturated carbocycles. The van der Waals surface area contributed by atoms with Crippen molar-refractivity contribution in [1.82, 2.24) is 0 Å². The van der Waals surface area contributed by atoms with Crippen LogP contribution in [0.3, 0.4) is 0 Å². The predicted octanol–water partition coefficient (Wildman–Crippen LogP) is 5.56. The number of unbranched alkanes of at least 4 members (excludes halogenated alkanes) is 1. The van der Waals surface area contributed by atoms with Gasteiger partial charge >= 0.3 is 0 Å². The van der Waals surface area contributed by atoms with E-state index in [9.17, 15) is 0 Å². The molecule has 1 aromatic rings. The fourth-order valence-corrected chi connectivity index (χ4v) is 7.82. The standard InChI is InChI=1S/C20H31OS/c1-4-5-12-21-20-15(2)13-19(14-16(20)3)22-17-8-6-9-18(22)11-7-10-17/h13-14,17-18H,4-12H2,1-3H3/q+1. The molecule has 0 aliphatic carbocycles. The van der Waals surface area contributed by atoms with Crippen molar-refractivity contribution in [2.24, 2.45) is 0 Å². The average Bonchev–Trinajstić information content (AvgIpc) is 2.49. The SMILES string of the molecule is CCCCOc1c(C)cc([S+]2C3CCCC2CCC3)cc1C. The summed E-state index contributed by atoms with van der Waals surface area (Å²) in [6.45, 7) is 7.55. The first kappa shape index (κ1) is 16.2. The molecule has 1 aromatic carbocycles. The van der Waals surface area contributed by atoms with Gasteiger partial charge in [-0.05, 0) is 82.1 Å². The minimum absolute atomic E-state index is 0.504. The second-order valence-electron chi connectivity index (χ2n) is 7.07. The Labute approximate surface area is 139 Å². The van der Waals surface area contributed by atoms with Crippen LogP contribution in [0.5, 0.6) is 5.75 Å². The molecule has 2 aliphatic heterocycles. The Kier molecular flexibility index (Phi) is 5.38. The number of aryl methyl sites for hydroxylation is 2. The molecule has 22 heavy (non-hydrogen) atoms. The zero-order valence-corrected chi connectivity index (χ0v) is 15.3. The molecule has 2 heterocycles. The van der Waals surface area contributed by atoms with E-state index in [1.807, 2.05) is 0 Å². The molecule has 0 radical (unpaired) electrons. The topological polar surface area (TPSA) is 9.23 Å². The molecule has 122 valence electrons. The third-order valence-electron chi connectivity index (χ3n) is 5.27. The maximum Gasteiger partial charge on any atom is 0.156 e. The highest BCUT2D eigenvalue weighted by Crippen LogP contribution is 2.43. The summed E-state index contributed by atoms with van der Waals surface area (Å²) in [5.74, 6) is 1.14. The molecule has 2 heteroatoms. The Bertz CT molecular complexity index is 465. The van der Waals surface area contributed by atoms with Crippen molar-refractivity contribution in [3.8, 4) is 5.75 Å². The lowest BCUT2D eigenvalue weighted by molar-refractivity contribution is 0.305. The molecule has 3 rings (SSSR count). The van der Waals surface area contributed by atoms with Crippen molar-refractivity contribution in [3.63, 3.8) is 0 Å². The van der Waals surface area contributed by atoms with Crippen LogP contribution >= 0.6 is 0 Å². The number of ether oxygens (including phenoxy) is 1. The molecule has 0 aromatic heterocycles. The number of rotatable bonds is 5. The zero-order valence-electron chi connectivity index (χ0n) is 14.5. The Morgan fingerprint density at radius 2 is 1.55 bits per heavy atom. The number of hydrogen-bond donors (Lipinski definition) is 0. The Hall–Kier alpha value is -0.630. The number of hydrogen-bond acceptors (Lipinski definition) is 1. The predicted molar refractivity (Wildman–Crippen MR) is 97.2 cm³/mol. The van der Waals surface area contributed by atoms with Gasteiger partial charge in [0.05, 0.1) is 6.61 Å². The molecule has 2 bridgehead atoms. The summed E-state index contributed by atoms with van der Waals surface area (Å²) in [4.78, 5) is 1.63.